The summed E-state index contributed by atoms with van der Waals surface area (Å²) < 4.78 is 4.13. The Hall–Kier alpha value is 1.76. The van der Waals surface area contributed by atoms with Crippen LogP contribution in [0.1, 0.15) is 11.1 Å². The normalized spacial score (nSPS) is 11.1. The first-order valence-electron chi connectivity index (χ1n) is 5.75. The highest BCUT2D eigenvalue weighted by atomic mass is 79.9. The lowest BCUT2D eigenvalue weighted by molar-refractivity contribution is 0.322. The zero-order valence-corrected chi connectivity index (χ0v) is 18.4. The zero-order chi connectivity index (χ0) is 15.1. The Morgan fingerprint density at radius 3 is 1.40 bits per heavy atom. The minimum atomic E-state index is 0.191. The van der Waals surface area contributed by atoms with Crippen LogP contribution in [0.4, 0.5) is 0 Å². The van der Waals surface area contributed by atoms with E-state index in [4.69, 9.17) is 10.2 Å². The standard InChI is InChI=1S/C12H14Br4O2S2/c13-9-7(5-19-3-1-17)10(14)12(16)11(15)8(9)6-20-4-2-18/h17-18H,1-6H2. The molecule has 0 aromatic heterocycles. The van der Waals surface area contributed by atoms with Crippen molar-refractivity contribution in [3.63, 3.8) is 0 Å². The molecule has 0 atom stereocenters. The van der Waals surface area contributed by atoms with Crippen LogP contribution in [0.15, 0.2) is 17.9 Å². The molecule has 0 aliphatic rings. The van der Waals surface area contributed by atoms with Crippen molar-refractivity contribution < 1.29 is 10.2 Å². The number of thioether (sulfide) groups is 2. The molecule has 0 amide bonds. The Kier molecular flexibility index (Phi) is 10.4. The molecule has 1 rings (SSSR count). The summed E-state index contributed by atoms with van der Waals surface area (Å²) in [6.07, 6.45) is 0. The monoisotopic (exact) mass is 570 g/mol. The van der Waals surface area contributed by atoms with Gasteiger partial charge in [-0.1, -0.05) is 15.9 Å². The fourth-order valence-corrected chi connectivity index (χ4v) is 6.77. The van der Waals surface area contributed by atoms with Crippen molar-refractivity contribution in [2.24, 2.45) is 0 Å². The number of aliphatic hydroxyl groups excluding tert-OH is 2. The van der Waals surface area contributed by atoms with Crippen molar-refractivity contribution in [3.8, 4) is 0 Å². The van der Waals surface area contributed by atoms with Crippen molar-refractivity contribution >= 4 is 87.2 Å². The zero-order valence-electron chi connectivity index (χ0n) is 10.5. The molecule has 0 fully saturated rings. The van der Waals surface area contributed by atoms with E-state index in [9.17, 15) is 0 Å². The van der Waals surface area contributed by atoms with Gasteiger partial charge in [-0.25, -0.2) is 0 Å². The van der Waals surface area contributed by atoms with Crippen molar-refractivity contribution in [2.45, 2.75) is 11.5 Å². The summed E-state index contributed by atoms with van der Waals surface area (Å²) in [6.45, 7) is 0.383. The molecule has 0 aliphatic heterocycles. The fourth-order valence-electron chi connectivity index (χ4n) is 1.47. The minimum Gasteiger partial charge on any atom is -0.396 e. The minimum absolute atomic E-state index is 0.191. The largest absolute Gasteiger partial charge is 0.396 e. The Balaban J connectivity index is 3.04. The second kappa shape index (κ2) is 10.5. The molecule has 8 heteroatoms. The van der Waals surface area contributed by atoms with Crippen molar-refractivity contribution in [3.05, 3.63) is 29.0 Å². The molecule has 2 nitrogen and oxygen atoms in total. The number of hydrogen-bond donors (Lipinski definition) is 2. The average Bonchev–Trinajstić information content (AvgIpc) is 2.44. The van der Waals surface area contributed by atoms with Gasteiger partial charge in [-0.2, -0.15) is 23.5 Å². The molecule has 1 aromatic rings. The van der Waals surface area contributed by atoms with E-state index in [0.717, 1.165) is 40.9 Å². The molecule has 20 heavy (non-hydrogen) atoms. The molecule has 0 aliphatic carbocycles. The van der Waals surface area contributed by atoms with Gasteiger partial charge in [-0.05, 0) is 58.9 Å². The van der Waals surface area contributed by atoms with E-state index in [1.54, 1.807) is 23.5 Å². The first kappa shape index (κ1) is 19.8. The number of halogens is 4. The predicted molar refractivity (Wildman–Crippen MR) is 104 cm³/mol. The molecule has 0 heterocycles. The molecule has 2 N–H and O–H groups in total. The van der Waals surface area contributed by atoms with Crippen LogP contribution >= 0.6 is 87.2 Å². The highest BCUT2D eigenvalue weighted by molar-refractivity contribution is 9.14. The van der Waals surface area contributed by atoms with Crippen LogP contribution in [0.25, 0.3) is 0 Å². The van der Waals surface area contributed by atoms with Gasteiger partial charge in [0, 0.05) is 40.9 Å². The Morgan fingerprint density at radius 2 is 1.05 bits per heavy atom. The molecule has 0 saturated carbocycles. The second-order valence-electron chi connectivity index (χ2n) is 3.77. The van der Waals surface area contributed by atoms with Crippen LogP contribution in [0.3, 0.4) is 0 Å². The predicted octanol–water partition coefficient (Wildman–Crippen LogP) is 5.19. The smallest absolute Gasteiger partial charge is 0.0521 e. The maximum absolute atomic E-state index is 8.89. The molecule has 1 aromatic carbocycles. The average molecular weight is 574 g/mol. The number of rotatable bonds is 8. The van der Waals surface area contributed by atoms with E-state index in [1.807, 2.05) is 0 Å². The lowest BCUT2D eigenvalue weighted by atomic mass is 10.1. The highest BCUT2D eigenvalue weighted by Crippen LogP contribution is 2.44. The summed E-state index contributed by atoms with van der Waals surface area (Å²) in [6, 6.07) is 0. The Bertz CT molecular complexity index is 421. The van der Waals surface area contributed by atoms with Gasteiger partial charge in [-0.15, -0.1) is 0 Å². The van der Waals surface area contributed by atoms with Gasteiger partial charge in [-0.3, -0.25) is 0 Å². The Labute approximate surface area is 161 Å². The second-order valence-corrected chi connectivity index (χ2v) is 9.15. The lowest BCUT2D eigenvalue weighted by Gasteiger charge is -2.16. The van der Waals surface area contributed by atoms with Gasteiger partial charge >= 0.3 is 0 Å². The van der Waals surface area contributed by atoms with Crippen LogP contribution in [0.5, 0.6) is 0 Å². The molecule has 0 bridgehead atoms. The van der Waals surface area contributed by atoms with Crippen molar-refractivity contribution in [2.75, 3.05) is 24.7 Å². The molecule has 0 spiro atoms. The SMILES string of the molecule is OCCSCc1c(Br)c(Br)c(Br)c(CSCCO)c1Br. The molecule has 114 valence electrons. The summed E-state index contributed by atoms with van der Waals surface area (Å²) in [4.78, 5) is 0. The topological polar surface area (TPSA) is 40.5 Å². The van der Waals surface area contributed by atoms with Crippen LogP contribution in [-0.2, 0) is 11.5 Å². The Morgan fingerprint density at radius 1 is 0.650 bits per heavy atom. The maximum Gasteiger partial charge on any atom is 0.0521 e. The molecule has 0 unspecified atom stereocenters. The summed E-state index contributed by atoms with van der Waals surface area (Å²) in [5.41, 5.74) is 2.36. The van der Waals surface area contributed by atoms with Crippen molar-refractivity contribution in [1.29, 1.82) is 0 Å². The van der Waals surface area contributed by atoms with E-state index in [-0.39, 0.29) is 13.2 Å². The first-order chi connectivity index (χ1) is 9.54. The summed E-state index contributed by atoms with van der Waals surface area (Å²) in [5, 5.41) is 17.8. The van der Waals surface area contributed by atoms with Crippen LogP contribution in [0, 0.1) is 0 Å². The molecular weight excluding hydrogens is 560 g/mol. The van der Waals surface area contributed by atoms with Crippen LogP contribution < -0.4 is 0 Å². The molecular formula is C12H14Br4O2S2. The summed E-state index contributed by atoms with van der Waals surface area (Å²) >= 11 is 17.9. The summed E-state index contributed by atoms with van der Waals surface area (Å²) in [5.74, 6) is 3.10. The lowest BCUT2D eigenvalue weighted by Crippen LogP contribution is -1.98. The van der Waals surface area contributed by atoms with Gasteiger partial charge in [0.1, 0.15) is 0 Å². The quantitative estimate of drug-likeness (QED) is 0.255. The van der Waals surface area contributed by atoms with Gasteiger partial charge in [0.15, 0.2) is 0 Å². The fraction of sp³-hybridized carbons (Fsp3) is 0.500. The molecule has 0 radical (unpaired) electrons. The summed E-state index contributed by atoms with van der Waals surface area (Å²) in [7, 11) is 0. The number of hydrogen-bond acceptors (Lipinski definition) is 4. The number of aliphatic hydroxyl groups is 2. The third-order valence-corrected chi connectivity index (χ3v) is 8.90. The van der Waals surface area contributed by atoms with Gasteiger partial charge < -0.3 is 10.2 Å². The highest BCUT2D eigenvalue weighted by Gasteiger charge is 2.18. The van der Waals surface area contributed by atoms with Gasteiger partial charge in [0.25, 0.3) is 0 Å². The van der Waals surface area contributed by atoms with Gasteiger partial charge in [0.2, 0.25) is 0 Å². The number of benzene rings is 1. The third-order valence-electron chi connectivity index (χ3n) is 2.41. The van der Waals surface area contributed by atoms with Crippen molar-refractivity contribution in [1.82, 2.24) is 0 Å². The van der Waals surface area contributed by atoms with E-state index in [2.05, 4.69) is 63.7 Å². The third kappa shape index (κ3) is 5.44. The van der Waals surface area contributed by atoms with Gasteiger partial charge in [0.05, 0.1) is 13.2 Å². The van der Waals surface area contributed by atoms with E-state index in [1.165, 1.54) is 11.1 Å². The van der Waals surface area contributed by atoms with Crippen LogP contribution in [-0.4, -0.2) is 34.9 Å². The molecule has 0 saturated heterocycles. The first-order valence-corrected chi connectivity index (χ1v) is 11.2. The van der Waals surface area contributed by atoms with E-state index in [0.29, 0.717) is 0 Å². The van der Waals surface area contributed by atoms with E-state index >= 15 is 0 Å². The maximum atomic E-state index is 8.89. The van der Waals surface area contributed by atoms with E-state index < -0.39 is 0 Å². The van der Waals surface area contributed by atoms with Crippen LogP contribution in [0.2, 0.25) is 0 Å².